The van der Waals surface area contributed by atoms with Crippen LogP contribution in [0.2, 0.25) is 0 Å². The second-order valence-corrected chi connectivity index (χ2v) is 5.51. The quantitative estimate of drug-likeness (QED) is 0.555. The average molecular weight is 166 g/mol. The Morgan fingerprint density at radius 3 is 2.67 bits per heavy atom. The van der Waals surface area contributed by atoms with E-state index in [-0.39, 0.29) is 0 Å². The third-order valence-corrected chi connectivity index (χ3v) is 4.53. The third-order valence-electron chi connectivity index (χ3n) is 4.53. The molecule has 0 aromatic heterocycles. The molecule has 0 aromatic rings. The molecule has 0 aliphatic heterocycles. The summed E-state index contributed by atoms with van der Waals surface area (Å²) < 4.78 is 0. The first-order chi connectivity index (χ1) is 5.65. The predicted octanol–water partition coefficient (Wildman–Crippen LogP) is 3.86. The Bertz CT molecular complexity index is 173. The molecule has 12 heavy (non-hydrogen) atoms. The number of hydrogen-bond donors (Lipinski definition) is 0. The first-order valence-corrected chi connectivity index (χ1v) is 5.65. The van der Waals surface area contributed by atoms with Crippen LogP contribution in [0.4, 0.5) is 0 Å². The zero-order valence-electron chi connectivity index (χ0n) is 8.77. The summed E-state index contributed by atoms with van der Waals surface area (Å²) >= 11 is 0. The Balaban J connectivity index is 2.09. The van der Waals surface area contributed by atoms with Gasteiger partial charge in [0.05, 0.1) is 0 Å². The minimum Gasteiger partial charge on any atom is -0.0651 e. The van der Waals surface area contributed by atoms with Crippen LogP contribution in [-0.4, -0.2) is 0 Å². The molecule has 0 amide bonds. The van der Waals surface area contributed by atoms with Gasteiger partial charge in [0.1, 0.15) is 0 Å². The zero-order chi connectivity index (χ0) is 8.77. The van der Waals surface area contributed by atoms with Gasteiger partial charge in [-0.3, -0.25) is 0 Å². The lowest BCUT2D eigenvalue weighted by Gasteiger charge is -2.56. The highest BCUT2D eigenvalue weighted by Crippen LogP contribution is 2.59. The van der Waals surface area contributed by atoms with Crippen molar-refractivity contribution < 1.29 is 0 Å². The largest absolute Gasteiger partial charge is 0.0651 e. The molecule has 70 valence electrons. The molecule has 2 aliphatic rings. The monoisotopic (exact) mass is 166 g/mol. The standard InChI is InChI=1S/C12H22/c1-4-10-7-9(2)8-12(3)6-5-11(10)12/h9-11H,4-8H2,1-3H3. The number of hydrogen-bond acceptors (Lipinski definition) is 0. The first kappa shape index (κ1) is 8.59. The molecule has 0 heterocycles. The normalized spacial score (nSPS) is 52.8. The molecule has 0 aromatic carbocycles. The molecule has 0 radical (unpaired) electrons. The summed E-state index contributed by atoms with van der Waals surface area (Å²) in [5.74, 6) is 3.16. The van der Waals surface area contributed by atoms with Gasteiger partial charge in [-0.1, -0.05) is 27.2 Å². The summed E-state index contributed by atoms with van der Waals surface area (Å²) in [5, 5.41) is 0. The van der Waals surface area contributed by atoms with Crippen LogP contribution >= 0.6 is 0 Å². The summed E-state index contributed by atoms with van der Waals surface area (Å²) in [7, 11) is 0. The second kappa shape index (κ2) is 2.75. The summed E-state index contributed by atoms with van der Waals surface area (Å²) in [5.41, 5.74) is 0.762. The van der Waals surface area contributed by atoms with Crippen LogP contribution in [-0.2, 0) is 0 Å². The van der Waals surface area contributed by atoms with Crippen LogP contribution in [0.3, 0.4) is 0 Å². The maximum atomic E-state index is 2.53. The van der Waals surface area contributed by atoms with Gasteiger partial charge >= 0.3 is 0 Å². The Hall–Kier alpha value is 0. The second-order valence-electron chi connectivity index (χ2n) is 5.51. The highest BCUT2D eigenvalue weighted by Gasteiger charge is 2.49. The van der Waals surface area contributed by atoms with E-state index in [4.69, 9.17) is 0 Å². The Labute approximate surface area is 76.7 Å². The molecule has 4 atom stereocenters. The average Bonchev–Trinajstić information content (AvgIpc) is 1.99. The molecule has 0 N–H and O–H groups in total. The van der Waals surface area contributed by atoms with E-state index in [1.807, 2.05) is 0 Å². The van der Waals surface area contributed by atoms with E-state index >= 15 is 0 Å². The van der Waals surface area contributed by atoms with E-state index in [9.17, 15) is 0 Å². The van der Waals surface area contributed by atoms with Crippen molar-refractivity contribution in [2.75, 3.05) is 0 Å². The number of rotatable bonds is 1. The molecule has 0 nitrogen and oxygen atoms in total. The van der Waals surface area contributed by atoms with Gasteiger partial charge in [0.15, 0.2) is 0 Å². The summed E-state index contributed by atoms with van der Waals surface area (Å²) in [6.07, 6.45) is 7.48. The van der Waals surface area contributed by atoms with Crippen molar-refractivity contribution in [3.63, 3.8) is 0 Å². The Kier molecular flexibility index (Phi) is 1.97. The lowest BCUT2D eigenvalue weighted by Crippen LogP contribution is -2.47. The summed E-state index contributed by atoms with van der Waals surface area (Å²) in [6.45, 7) is 7.35. The molecule has 0 saturated heterocycles. The van der Waals surface area contributed by atoms with Crippen molar-refractivity contribution >= 4 is 0 Å². The van der Waals surface area contributed by atoms with E-state index in [2.05, 4.69) is 20.8 Å². The lowest BCUT2D eigenvalue weighted by molar-refractivity contribution is -0.0618. The third kappa shape index (κ3) is 1.11. The van der Waals surface area contributed by atoms with Crippen molar-refractivity contribution in [1.82, 2.24) is 0 Å². The fraction of sp³-hybridized carbons (Fsp3) is 1.00. The SMILES string of the molecule is CCC1CC(C)CC2(C)CCC12. The molecular formula is C12H22. The maximum Gasteiger partial charge on any atom is -0.0292 e. The van der Waals surface area contributed by atoms with Gasteiger partial charge in [-0.05, 0) is 48.9 Å². The topological polar surface area (TPSA) is 0 Å². The van der Waals surface area contributed by atoms with E-state index in [1.165, 1.54) is 32.1 Å². The molecule has 0 bridgehead atoms. The van der Waals surface area contributed by atoms with Gasteiger partial charge in [0, 0.05) is 0 Å². The van der Waals surface area contributed by atoms with Crippen LogP contribution in [0, 0.1) is 23.2 Å². The molecule has 0 heteroatoms. The van der Waals surface area contributed by atoms with Crippen molar-refractivity contribution in [3.8, 4) is 0 Å². The van der Waals surface area contributed by atoms with Gasteiger partial charge in [0.25, 0.3) is 0 Å². The van der Waals surface area contributed by atoms with Gasteiger partial charge in [0.2, 0.25) is 0 Å². The van der Waals surface area contributed by atoms with Gasteiger partial charge in [-0.25, -0.2) is 0 Å². The van der Waals surface area contributed by atoms with E-state index in [0.717, 1.165) is 23.2 Å². The van der Waals surface area contributed by atoms with Gasteiger partial charge in [-0.15, -0.1) is 0 Å². The highest BCUT2D eigenvalue weighted by molar-refractivity contribution is 4.99. The Morgan fingerprint density at radius 2 is 2.17 bits per heavy atom. The minimum absolute atomic E-state index is 0.762. The van der Waals surface area contributed by atoms with Gasteiger partial charge < -0.3 is 0 Å². The van der Waals surface area contributed by atoms with Crippen LogP contribution in [0.1, 0.15) is 52.9 Å². The van der Waals surface area contributed by atoms with Crippen LogP contribution in [0.25, 0.3) is 0 Å². The molecule has 0 spiro atoms. The molecule has 2 fully saturated rings. The fourth-order valence-corrected chi connectivity index (χ4v) is 3.87. The van der Waals surface area contributed by atoms with Gasteiger partial charge in [-0.2, -0.15) is 0 Å². The van der Waals surface area contributed by atoms with Crippen LogP contribution in [0.5, 0.6) is 0 Å². The molecule has 2 rings (SSSR count). The predicted molar refractivity (Wildman–Crippen MR) is 53.0 cm³/mol. The fourth-order valence-electron chi connectivity index (χ4n) is 3.87. The van der Waals surface area contributed by atoms with Crippen molar-refractivity contribution in [3.05, 3.63) is 0 Å². The van der Waals surface area contributed by atoms with Crippen LogP contribution in [0.15, 0.2) is 0 Å². The van der Waals surface area contributed by atoms with Crippen molar-refractivity contribution in [2.45, 2.75) is 52.9 Å². The smallest absolute Gasteiger partial charge is 0.0292 e. The molecular weight excluding hydrogens is 144 g/mol. The van der Waals surface area contributed by atoms with E-state index in [0.29, 0.717) is 0 Å². The van der Waals surface area contributed by atoms with E-state index in [1.54, 1.807) is 0 Å². The minimum atomic E-state index is 0.762. The maximum absolute atomic E-state index is 2.53. The summed E-state index contributed by atoms with van der Waals surface area (Å²) in [4.78, 5) is 0. The van der Waals surface area contributed by atoms with E-state index < -0.39 is 0 Å². The van der Waals surface area contributed by atoms with Crippen molar-refractivity contribution in [1.29, 1.82) is 0 Å². The highest BCUT2D eigenvalue weighted by atomic mass is 14.5. The van der Waals surface area contributed by atoms with Crippen LogP contribution < -0.4 is 0 Å². The molecule has 2 aliphatic carbocycles. The van der Waals surface area contributed by atoms with Crippen molar-refractivity contribution in [2.24, 2.45) is 23.2 Å². The zero-order valence-corrected chi connectivity index (χ0v) is 8.77. The lowest BCUT2D eigenvalue weighted by atomic mass is 9.49. The molecule has 2 saturated carbocycles. The summed E-state index contributed by atoms with van der Waals surface area (Å²) in [6, 6.07) is 0. The molecule has 4 unspecified atom stereocenters. The first-order valence-electron chi connectivity index (χ1n) is 5.65. The Morgan fingerprint density at radius 1 is 1.42 bits per heavy atom. The number of fused-ring (bicyclic) bond motifs is 1.